The van der Waals surface area contributed by atoms with Crippen LogP contribution in [0.3, 0.4) is 0 Å². The monoisotopic (exact) mass is 156 g/mol. The fraction of sp³-hybridized carbons (Fsp3) is 0.778. The molecule has 1 aliphatic rings. The van der Waals surface area contributed by atoms with Gasteiger partial charge in [-0.25, -0.2) is 0 Å². The molecule has 0 bridgehead atoms. The molecule has 0 heterocycles. The summed E-state index contributed by atoms with van der Waals surface area (Å²) in [7, 11) is 0. The zero-order valence-electron chi connectivity index (χ0n) is 7.01. The van der Waals surface area contributed by atoms with Gasteiger partial charge in [0.1, 0.15) is 0 Å². The van der Waals surface area contributed by atoms with Gasteiger partial charge in [0.2, 0.25) is 0 Å². The molecule has 0 fully saturated rings. The number of aliphatic hydroxyl groups is 2. The summed E-state index contributed by atoms with van der Waals surface area (Å²) in [4.78, 5) is 0. The average molecular weight is 156 g/mol. The van der Waals surface area contributed by atoms with E-state index in [9.17, 15) is 0 Å². The first-order chi connectivity index (χ1) is 5.29. The first kappa shape index (κ1) is 8.75. The Hall–Kier alpha value is -0.340. The summed E-state index contributed by atoms with van der Waals surface area (Å²) < 4.78 is 0. The standard InChI is InChI=1S/C9H16O2/c1-7-2-3-8(4-5-10)9(7)6-11/h8,10-11H,2-6H2,1H3. The van der Waals surface area contributed by atoms with Crippen molar-refractivity contribution in [3.8, 4) is 0 Å². The molecule has 0 saturated carbocycles. The summed E-state index contributed by atoms with van der Waals surface area (Å²) in [5, 5.41) is 17.7. The van der Waals surface area contributed by atoms with Crippen LogP contribution >= 0.6 is 0 Å². The molecular weight excluding hydrogens is 140 g/mol. The lowest BCUT2D eigenvalue weighted by molar-refractivity contribution is 0.254. The summed E-state index contributed by atoms with van der Waals surface area (Å²) in [6.07, 6.45) is 3.02. The molecule has 1 unspecified atom stereocenters. The molecule has 1 rings (SSSR count). The van der Waals surface area contributed by atoms with E-state index < -0.39 is 0 Å². The van der Waals surface area contributed by atoms with E-state index in [1.807, 2.05) is 0 Å². The minimum Gasteiger partial charge on any atom is -0.396 e. The Labute approximate surface area is 67.6 Å². The van der Waals surface area contributed by atoms with E-state index in [1.54, 1.807) is 0 Å². The van der Waals surface area contributed by atoms with Gasteiger partial charge in [-0.1, -0.05) is 5.57 Å². The maximum Gasteiger partial charge on any atom is 0.0647 e. The Morgan fingerprint density at radius 3 is 2.73 bits per heavy atom. The van der Waals surface area contributed by atoms with E-state index in [1.165, 1.54) is 11.1 Å². The van der Waals surface area contributed by atoms with Crippen LogP contribution in [0.2, 0.25) is 0 Å². The normalized spacial score (nSPS) is 24.8. The average Bonchev–Trinajstić information content (AvgIpc) is 2.33. The van der Waals surface area contributed by atoms with Crippen molar-refractivity contribution in [3.63, 3.8) is 0 Å². The highest BCUT2D eigenvalue weighted by atomic mass is 16.3. The summed E-state index contributed by atoms with van der Waals surface area (Å²) in [5.41, 5.74) is 2.49. The van der Waals surface area contributed by atoms with Crippen molar-refractivity contribution in [2.24, 2.45) is 5.92 Å². The molecular formula is C9H16O2. The van der Waals surface area contributed by atoms with Crippen molar-refractivity contribution >= 4 is 0 Å². The maximum atomic E-state index is 8.99. The highest BCUT2D eigenvalue weighted by molar-refractivity contribution is 5.21. The van der Waals surface area contributed by atoms with Crippen molar-refractivity contribution in [1.29, 1.82) is 0 Å². The second-order valence-electron chi connectivity index (χ2n) is 3.21. The molecule has 11 heavy (non-hydrogen) atoms. The van der Waals surface area contributed by atoms with Crippen molar-refractivity contribution in [2.45, 2.75) is 26.2 Å². The van der Waals surface area contributed by atoms with Crippen LogP contribution in [0, 0.1) is 5.92 Å². The zero-order valence-corrected chi connectivity index (χ0v) is 7.01. The Balaban J connectivity index is 2.56. The molecule has 2 nitrogen and oxygen atoms in total. The predicted molar refractivity (Wildman–Crippen MR) is 44.2 cm³/mol. The van der Waals surface area contributed by atoms with Gasteiger partial charge in [0, 0.05) is 6.61 Å². The lowest BCUT2D eigenvalue weighted by Crippen LogP contribution is -2.05. The van der Waals surface area contributed by atoms with Crippen LogP contribution in [0.5, 0.6) is 0 Å². The quantitative estimate of drug-likeness (QED) is 0.600. The van der Waals surface area contributed by atoms with Gasteiger partial charge >= 0.3 is 0 Å². The smallest absolute Gasteiger partial charge is 0.0647 e. The van der Waals surface area contributed by atoms with Gasteiger partial charge in [0.15, 0.2) is 0 Å². The molecule has 2 heteroatoms. The second-order valence-corrected chi connectivity index (χ2v) is 3.21. The SMILES string of the molecule is CC1=C(CO)C(CCO)CC1. The molecule has 1 atom stereocenters. The largest absolute Gasteiger partial charge is 0.396 e. The Kier molecular flexibility index (Phi) is 3.09. The van der Waals surface area contributed by atoms with Crippen LogP contribution in [0.15, 0.2) is 11.1 Å². The van der Waals surface area contributed by atoms with Crippen LogP contribution in [-0.4, -0.2) is 23.4 Å². The molecule has 0 spiro atoms. The third-order valence-corrected chi connectivity index (χ3v) is 2.56. The van der Waals surface area contributed by atoms with Crippen molar-refractivity contribution in [3.05, 3.63) is 11.1 Å². The van der Waals surface area contributed by atoms with Crippen LogP contribution in [0.1, 0.15) is 26.2 Å². The highest BCUT2D eigenvalue weighted by Crippen LogP contribution is 2.33. The molecule has 64 valence electrons. The first-order valence-electron chi connectivity index (χ1n) is 4.19. The second kappa shape index (κ2) is 3.88. The van der Waals surface area contributed by atoms with Gasteiger partial charge in [-0.3, -0.25) is 0 Å². The van der Waals surface area contributed by atoms with Crippen molar-refractivity contribution < 1.29 is 10.2 Å². The molecule has 0 radical (unpaired) electrons. The number of aliphatic hydroxyl groups excluding tert-OH is 2. The van der Waals surface area contributed by atoms with Crippen molar-refractivity contribution in [2.75, 3.05) is 13.2 Å². The molecule has 0 aromatic heterocycles. The van der Waals surface area contributed by atoms with E-state index in [-0.39, 0.29) is 13.2 Å². The minimum atomic E-state index is 0.177. The molecule has 0 saturated heterocycles. The lowest BCUT2D eigenvalue weighted by Gasteiger charge is -2.10. The van der Waals surface area contributed by atoms with Crippen molar-refractivity contribution in [1.82, 2.24) is 0 Å². The molecule has 0 aliphatic heterocycles. The Morgan fingerprint density at radius 2 is 2.18 bits per heavy atom. The van der Waals surface area contributed by atoms with Gasteiger partial charge in [0.25, 0.3) is 0 Å². The number of hydrogen-bond acceptors (Lipinski definition) is 2. The number of hydrogen-bond donors (Lipinski definition) is 2. The third-order valence-electron chi connectivity index (χ3n) is 2.56. The summed E-state index contributed by atoms with van der Waals surface area (Å²) in [6.45, 7) is 2.49. The molecule has 0 aromatic rings. The lowest BCUT2D eigenvalue weighted by atomic mass is 9.98. The van der Waals surface area contributed by atoms with E-state index in [0.717, 1.165) is 19.3 Å². The molecule has 2 N–H and O–H groups in total. The summed E-state index contributed by atoms with van der Waals surface area (Å²) in [5.74, 6) is 0.449. The van der Waals surface area contributed by atoms with Gasteiger partial charge in [-0.2, -0.15) is 0 Å². The van der Waals surface area contributed by atoms with Gasteiger partial charge in [0.05, 0.1) is 6.61 Å². The van der Waals surface area contributed by atoms with E-state index >= 15 is 0 Å². The van der Waals surface area contributed by atoms with E-state index in [2.05, 4.69) is 6.92 Å². The molecule has 0 amide bonds. The predicted octanol–water partition coefficient (Wildman–Crippen LogP) is 1.09. The fourth-order valence-corrected chi connectivity index (χ4v) is 1.81. The minimum absolute atomic E-state index is 0.177. The summed E-state index contributed by atoms with van der Waals surface area (Å²) >= 11 is 0. The topological polar surface area (TPSA) is 40.5 Å². The van der Waals surface area contributed by atoms with Gasteiger partial charge < -0.3 is 10.2 Å². The van der Waals surface area contributed by atoms with Crippen LogP contribution in [0.25, 0.3) is 0 Å². The van der Waals surface area contributed by atoms with Gasteiger partial charge in [-0.05, 0) is 37.7 Å². The van der Waals surface area contributed by atoms with Gasteiger partial charge in [-0.15, -0.1) is 0 Å². The Morgan fingerprint density at radius 1 is 1.45 bits per heavy atom. The number of allylic oxidation sites excluding steroid dienone is 1. The Bertz CT molecular complexity index is 161. The van der Waals surface area contributed by atoms with Crippen LogP contribution in [0.4, 0.5) is 0 Å². The molecule has 0 aromatic carbocycles. The highest BCUT2D eigenvalue weighted by Gasteiger charge is 2.21. The van der Waals surface area contributed by atoms with E-state index in [0.29, 0.717) is 5.92 Å². The van der Waals surface area contributed by atoms with E-state index in [4.69, 9.17) is 10.2 Å². The first-order valence-corrected chi connectivity index (χ1v) is 4.19. The molecule has 1 aliphatic carbocycles. The maximum absolute atomic E-state index is 8.99. The number of rotatable bonds is 3. The van der Waals surface area contributed by atoms with Crippen LogP contribution in [-0.2, 0) is 0 Å². The third kappa shape index (κ3) is 1.82. The zero-order chi connectivity index (χ0) is 8.27. The van der Waals surface area contributed by atoms with Crippen LogP contribution < -0.4 is 0 Å². The fourth-order valence-electron chi connectivity index (χ4n) is 1.81. The summed E-state index contributed by atoms with van der Waals surface area (Å²) in [6, 6.07) is 0.